The lowest BCUT2D eigenvalue weighted by Gasteiger charge is -2.26. The zero-order valence-electron chi connectivity index (χ0n) is 18.8. The average molecular weight is 490 g/mol. The lowest BCUT2D eigenvalue weighted by Crippen LogP contribution is -2.41. The predicted molar refractivity (Wildman–Crippen MR) is 139 cm³/mol. The Bertz CT molecular complexity index is 1440. The maximum absolute atomic E-state index is 13.0. The summed E-state index contributed by atoms with van der Waals surface area (Å²) in [4.78, 5) is 42.4. The molecule has 0 atom stereocenters. The predicted octanol–water partition coefficient (Wildman–Crippen LogP) is 3.47. The van der Waals surface area contributed by atoms with Gasteiger partial charge in [0.1, 0.15) is 11.5 Å². The fourth-order valence-corrected chi connectivity index (χ4v) is 3.93. The van der Waals surface area contributed by atoms with Crippen LogP contribution in [0.5, 0.6) is 0 Å². The van der Waals surface area contributed by atoms with Crippen molar-refractivity contribution >= 4 is 34.7 Å². The largest absolute Gasteiger partial charge is 0.383 e. The van der Waals surface area contributed by atoms with E-state index in [0.29, 0.717) is 10.7 Å². The van der Waals surface area contributed by atoms with Gasteiger partial charge in [-0.2, -0.15) is 0 Å². The van der Waals surface area contributed by atoms with Crippen molar-refractivity contribution in [2.24, 2.45) is 0 Å². The SMILES string of the molecule is Nc1c(N(CC(=O)Nc2ccccc2Cl)Cc2ccccc2)c(=O)[nH]c(=O)n1Cc1ccccc1. The van der Waals surface area contributed by atoms with E-state index in [-0.39, 0.29) is 31.1 Å². The lowest BCUT2D eigenvalue weighted by molar-refractivity contribution is -0.115. The fourth-order valence-electron chi connectivity index (χ4n) is 3.75. The van der Waals surface area contributed by atoms with E-state index in [9.17, 15) is 14.4 Å². The number of amides is 1. The van der Waals surface area contributed by atoms with Crippen LogP contribution in [0.3, 0.4) is 0 Å². The van der Waals surface area contributed by atoms with Gasteiger partial charge >= 0.3 is 5.69 Å². The molecule has 4 aromatic rings. The maximum atomic E-state index is 13.0. The third-order valence-corrected chi connectivity index (χ3v) is 5.74. The van der Waals surface area contributed by atoms with E-state index in [4.69, 9.17) is 17.3 Å². The minimum Gasteiger partial charge on any atom is -0.383 e. The number of carbonyl (C=O) groups is 1. The summed E-state index contributed by atoms with van der Waals surface area (Å²) in [7, 11) is 0. The van der Waals surface area contributed by atoms with Gasteiger partial charge in [0.05, 0.1) is 23.8 Å². The van der Waals surface area contributed by atoms with E-state index >= 15 is 0 Å². The first-order chi connectivity index (χ1) is 16.9. The minimum absolute atomic E-state index is 0.0240. The van der Waals surface area contributed by atoms with Crippen molar-refractivity contribution < 1.29 is 4.79 Å². The average Bonchev–Trinajstić information content (AvgIpc) is 2.84. The molecule has 35 heavy (non-hydrogen) atoms. The van der Waals surface area contributed by atoms with Crippen molar-refractivity contribution in [3.8, 4) is 0 Å². The molecule has 0 unspecified atom stereocenters. The number of para-hydroxylation sites is 1. The van der Waals surface area contributed by atoms with E-state index in [1.165, 1.54) is 4.57 Å². The Balaban J connectivity index is 1.71. The van der Waals surface area contributed by atoms with Crippen LogP contribution in [0.15, 0.2) is 94.5 Å². The first-order valence-electron chi connectivity index (χ1n) is 10.9. The molecule has 1 heterocycles. The number of nitrogens with two attached hydrogens (primary N) is 1. The maximum Gasteiger partial charge on any atom is 0.330 e. The van der Waals surface area contributed by atoms with Gasteiger partial charge < -0.3 is 16.0 Å². The van der Waals surface area contributed by atoms with Gasteiger partial charge in [-0.25, -0.2) is 4.79 Å². The van der Waals surface area contributed by atoms with Gasteiger partial charge in [0.25, 0.3) is 5.56 Å². The molecular weight excluding hydrogens is 466 g/mol. The van der Waals surface area contributed by atoms with Crippen LogP contribution in [0, 0.1) is 0 Å². The van der Waals surface area contributed by atoms with Crippen LogP contribution in [0.25, 0.3) is 0 Å². The van der Waals surface area contributed by atoms with E-state index in [1.54, 1.807) is 29.2 Å². The molecule has 0 aliphatic rings. The number of hydrogen-bond acceptors (Lipinski definition) is 5. The number of nitrogens with one attached hydrogen (secondary N) is 2. The molecule has 0 saturated carbocycles. The zero-order valence-corrected chi connectivity index (χ0v) is 19.5. The highest BCUT2D eigenvalue weighted by Gasteiger charge is 2.22. The summed E-state index contributed by atoms with van der Waals surface area (Å²) in [5.41, 5.74) is 7.29. The first kappa shape index (κ1) is 23.8. The Morgan fingerprint density at radius 2 is 1.51 bits per heavy atom. The van der Waals surface area contributed by atoms with Gasteiger partial charge in [0, 0.05) is 6.54 Å². The zero-order chi connectivity index (χ0) is 24.8. The van der Waals surface area contributed by atoms with E-state index < -0.39 is 17.2 Å². The number of anilines is 3. The van der Waals surface area contributed by atoms with Crippen LogP contribution >= 0.6 is 11.6 Å². The molecule has 3 aromatic carbocycles. The van der Waals surface area contributed by atoms with Crippen LogP contribution < -0.4 is 27.2 Å². The molecule has 0 radical (unpaired) electrons. The monoisotopic (exact) mass is 489 g/mol. The van der Waals surface area contributed by atoms with Gasteiger partial charge in [-0.05, 0) is 23.3 Å². The second-order valence-electron chi connectivity index (χ2n) is 7.93. The molecule has 4 rings (SSSR count). The highest BCUT2D eigenvalue weighted by molar-refractivity contribution is 6.33. The number of nitrogens with zero attached hydrogens (tertiary/aromatic N) is 2. The number of rotatable bonds is 8. The Labute approximate surface area is 206 Å². The van der Waals surface area contributed by atoms with Gasteiger partial charge in [0.15, 0.2) is 0 Å². The Morgan fingerprint density at radius 3 is 2.17 bits per heavy atom. The summed E-state index contributed by atoms with van der Waals surface area (Å²) in [5, 5.41) is 3.16. The van der Waals surface area contributed by atoms with Gasteiger partial charge in [-0.15, -0.1) is 0 Å². The Hall–Kier alpha value is -4.30. The highest BCUT2D eigenvalue weighted by atomic mass is 35.5. The van der Waals surface area contributed by atoms with Crippen molar-refractivity contribution in [3.05, 3.63) is 122 Å². The quantitative estimate of drug-likeness (QED) is 0.351. The number of aromatic nitrogens is 2. The summed E-state index contributed by atoms with van der Waals surface area (Å²) < 4.78 is 1.29. The molecule has 0 saturated heterocycles. The first-order valence-corrected chi connectivity index (χ1v) is 11.3. The van der Waals surface area contributed by atoms with Crippen molar-refractivity contribution in [2.75, 3.05) is 22.5 Å². The number of benzene rings is 3. The van der Waals surface area contributed by atoms with E-state index in [2.05, 4.69) is 10.3 Å². The topological polar surface area (TPSA) is 113 Å². The van der Waals surface area contributed by atoms with Gasteiger partial charge in [-0.1, -0.05) is 84.4 Å². The Morgan fingerprint density at radius 1 is 0.914 bits per heavy atom. The van der Waals surface area contributed by atoms with Crippen LogP contribution in [0.4, 0.5) is 17.2 Å². The lowest BCUT2D eigenvalue weighted by atomic mass is 10.2. The number of nitrogen functional groups attached to an aromatic ring is 1. The highest BCUT2D eigenvalue weighted by Crippen LogP contribution is 2.23. The van der Waals surface area contributed by atoms with E-state index in [0.717, 1.165) is 11.1 Å². The van der Waals surface area contributed by atoms with Crippen LogP contribution in [-0.2, 0) is 17.9 Å². The molecule has 178 valence electrons. The van der Waals surface area contributed by atoms with Gasteiger partial charge in [-0.3, -0.25) is 19.1 Å². The number of aromatic amines is 1. The van der Waals surface area contributed by atoms with Crippen LogP contribution in [0.1, 0.15) is 11.1 Å². The summed E-state index contributed by atoms with van der Waals surface area (Å²) >= 11 is 6.18. The standard InChI is InChI=1S/C26H24ClN5O3/c27-20-13-7-8-14-21(20)29-22(33)17-31(15-18-9-3-1-4-10-18)23-24(28)32(26(35)30-25(23)34)16-19-11-5-2-6-12-19/h1-14H,15-17,28H2,(H,29,33)(H,30,34,35). The Kier molecular flexibility index (Phi) is 7.32. The molecule has 4 N–H and O–H groups in total. The van der Waals surface area contributed by atoms with Crippen molar-refractivity contribution in [3.63, 3.8) is 0 Å². The second kappa shape index (κ2) is 10.8. The molecule has 1 amide bonds. The molecule has 0 bridgehead atoms. The number of carbonyl (C=O) groups excluding carboxylic acids is 1. The third-order valence-electron chi connectivity index (χ3n) is 5.41. The normalized spacial score (nSPS) is 10.7. The number of hydrogen-bond donors (Lipinski definition) is 3. The van der Waals surface area contributed by atoms with E-state index in [1.807, 2.05) is 60.7 Å². The van der Waals surface area contributed by atoms with Crippen molar-refractivity contribution in [2.45, 2.75) is 13.1 Å². The molecular formula is C26H24ClN5O3. The van der Waals surface area contributed by atoms with Crippen LogP contribution in [0.2, 0.25) is 5.02 Å². The number of halogens is 1. The molecule has 0 aliphatic carbocycles. The molecule has 9 heteroatoms. The molecule has 1 aromatic heterocycles. The molecule has 0 fully saturated rings. The summed E-state index contributed by atoms with van der Waals surface area (Å²) in [5.74, 6) is -0.419. The van der Waals surface area contributed by atoms with Gasteiger partial charge in [0.2, 0.25) is 5.91 Å². The van der Waals surface area contributed by atoms with Crippen LogP contribution in [-0.4, -0.2) is 22.0 Å². The second-order valence-corrected chi connectivity index (χ2v) is 8.34. The summed E-state index contributed by atoms with van der Waals surface area (Å²) in [6.07, 6.45) is 0. The fraction of sp³-hybridized carbons (Fsp3) is 0.115. The van der Waals surface area contributed by atoms with Crippen molar-refractivity contribution in [1.82, 2.24) is 9.55 Å². The van der Waals surface area contributed by atoms with Crippen molar-refractivity contribution in [1.29, 1.82) is 0 Å². The number of H-pyrrole nitrogens is 1. The summed E-state index contributed by atoms with van der Waals surface area (Å²) in [6.45, 7) is 0.185. The molecule has 0 spiro atoms. The molecule has 8 nitrogen and oxygen atoms in total. The third kappa shape index (κ3) is 5.80. The molecule has 0 aliphatic heterocycles. The minimum atomic E-state index is -0.668. The smallest absolute Gasteiger partial charge is 0.330 e. The summed E-state index contributed by atoms with van der Waals surface area (Å²) in [6, 6.07) is 25.5.